The molecular formula is C15H22N2O3. The van der Waals surface area contributed by atoms with Gasteiger partial charge in [-0.2, -0.15) is 5.48 Å². The van der Waals surface area contributed by atoms with Crippen molar-refractivity contribution in [2.75, 3.05) is 26.2 Å². The third-order valence-corrected chi connectivity index (χ3v) is 3.33. The summed E-state index contributed by atoms with van der Waals surface area (Å²) in [6.45, 7) is 3.84. The van der Waals surface area contributed by atoms with Crippen molar-refractivity contribution in [1.29, 1.82) is 0 Å². The standard InChI is InChI=1S/C15H22N2O3/c18-15(19-13-14-7-3-1-4-8-14)16-20-12-11-17-9-5-2-6-10-17/h1,3-4,7-8H,2,5-6,9-13H2,(H,16,18). The van der Waals surface area contributed by atoms with Gasteiger partial charge in [0.15, 0.2) is 0 Å². The SMILES string of the molecule is O=C(NOCCN1CCCCC1)OCc1ccccc1. The topological polar surface area (TPSA) is 50.8 Å². The van der Waals surface area contributed by atoms with E-state index in [1.807, 2.05) is 30.3 Å². The number of benzene rings is 1. The Morgan fingerprint density at radius 3 is 2.65 bits per heavy atom. The summed E-state index contributed by atoms with van der Waals surface area (Å²) in [6, 6.07) is 9.56. The van der Waals surface area contributed by atoms with Crippen LogP contribution < -0.4 is 5.48 Å². The van der Waals surface area contributed by atoms with Gasteiger partial charge in [0.1, 0.15) is 6.61 Å². The molecule has 5 heteroatoms. The highest BCUT2D eigenvalue weighted by molar-refractivity contribution is 5.65. The number of hydrogen-bond acceptors (Lipinski definition) is 4. The van der Waals surface area contributed by atoms with Gasteiger partial charge in [-0.3, -0.25) is 4.84 Å². The van der Waals surface area contributed by atoms with E-state index in [1.54, 1.807) is 0 Å². The lowest BCUT2D eigenvalue weighted by atomic mass is 10.1. The first kappa shape index (κ1) is 14.8. The molecule has 20 heavy (non-hydrogen) atoms. The van der Waals surface area contributed by atoms with Crippen LogP contribution >= 0.6 is 0 Å². The zero-order valence-electron chi connectivity index (χ0n) is 11.7. The molecular weight excluding hydrogens is 256 g/mol. The maximum absolute atomic E-state index is 11.4. The summed E-state index contributed by atoms with van der Waals surface area (Å²) in [4.78, 5) is 18.9. The molecule has 1 aromatic carbocycles. The van der Waals surface area contributed by atoms with Gasteiger partial charge in [0.05, 0.1) is 6.61 Å². The predicted molar refractivity (Wildman–Crippen MR) is 76.0 cm³/mol. The molecule has 2 rings (SSSR count). The number of hydroxylamine groups is 1. The Morgan fingerprint density at radius 1 is 1.15 bits per heavy atom. The summed E-state index contributed by atoms with van der Waals surface area (Å²) in [5, 5.41) is 0. The lowest BCUT2D eigenvalue weighted by Crippen LogP contribution is -2.35. The van der Waals surface area contributed by atoms with Gasteiger partial charge in [0.25, 0.3) is 0 Å². The Bertz CT molecular complexity index is 391. The Balaban J connectivity index is 1.51. The lowest BCUT2D eigenvalue weighted by molar-refractivity contribution is 0.0138. The van der Waals surface area contributed by atoms with E-state index in [0.29, 0.717) is 6.61 Å². The minimum Gasteiger partial charge on any atom is -0.443 e. The first-order chi connectivity index (χ1) is 9.84. The Labute approximate surface area is 119 Å². The van der Waals surface area contributed by atoms with E-state index in [2.05, 4.69) is 10.4 Å². The van der Waals surface area contributed by atoms with Crippen LogP contribution in [0.3, 0.4) is 0 Å². The molecule has 0 radical (unpaired) electrons. The van der Waals surface area contributed by atoms with Gasteiger partial charge in [0.2, 0.25) is 0 Å². The number of hydrogen-bond donors (Lipinski definition) is 1. The van der Waals surface area contributed by atoms with E-state index in [4.69, 9.17) is 9.57 Å². The van der Waals surface area contributed by atoms with E-state index in [-0.39, 0.29) is 6.61 Å². The van der Waals surface area contributed by atoms with Crippen molar-refractivity contribution in [3.05, 3.63) is 35.9 Å². The molecule has 1 heterocycles. The molecule has 5 nitrogen and oxygen atoms in total. The van der Waals surface area contributed by atoms with Crippen LogP contribution in [-0.2, 0) is 16.2 Å². The van der Waals surface area contributed by atoms with Crippen LogP contribution in [0.15, 0.2) is 30.3 Å². The predicted octanol–water partition coefficient (Wildman–Crippen LogP) is 2.33. The van der Waals surface area contributed by atoms with Crippen LogP contribution in [-0.4, -0.2) is 37.2 Å². The molecule has 0 bridgehead atoms. The third-order valence-electron chi connectivity index (χ3n) is 3.33. The van der Waals surface area contributed by atoms with Gasteiger partial charge in [-0.15, -0.1) is 0 Å². The average molecular weight is 278 g/mol. The normalized spacial score (nSPS) is 15.8. The highest BCUT2D eigenvalue weighted by Gasteiger charge is 2.09. The van der Waals surface area contributed by atoms with Crippen molar-refractivity contribution < 1.29 is 14.4 Å². The van der Waals surface area contributed by atoms with Crippen molar-refractivity contribution in [1.82, 2.24) is 10.4 Å². The molecule has 1 N–H and O–H groups in total. The average Bonchev–Trinajstić information content (AvgIpc) is 2.52. The minimum absolute atomic E-state index is 0.252. The third kappa shape index (κ3) is 5.59. The summed E-state index contributed by atoms with van der Waals surface area (Å²) >= 11 is 0. The summed E-state index contributed by atoms with van der Waals surface area (Å²) < 4.78 is 5.03. The molecule has 1 fully saturated rings. The van der Waals surface area contributed by atoms with Crippen LogP contribution in [0, 0.1) is 0 Å². The summed E-state index contributed by atoms with van der Waals surface area (Å²) in [6.07, 6.45) is 3.29. The van der Waals surface area contributed by atoms with Crippen molar-refractivity contribution in [3.8, 4) is 0 Å². The van der Waals surface area contributed by atoms with Crippen LogP contribution in [0.2, 0.25) is 0 Å². The number of carbonyl (C=O) groups is 1. The second-order valence-electron chi connectivity index (χ2n) is 4.91. The number of nitrogens with zero attached hydrogens (tertiary/aromatic N) is 1. The van der Waals surface area contributed by atoms with Crippen molar-refractivity contribution >= 4 is 6.09 Å². The highest BCUT2D eigenvalue weighted by atomic mass is 16.7. The van der Waals surface area contributed by atoms with E-state index >= 15 is 0 Å². The molecule has 0 aliphatic carbocycles. The molecule has 1 aromatic rings. The lowest BCUT2D eigenvalue weighted by Gasteiger charge is -2.25. The number of likely N-dealkylation sites (tertiary alicyclic amines) is 1. The van der Waals surface area contributed by atoms with E-state index in [1.165, 1.54) is 19.3 Å². The molecule has 1 amide bonds. The molecule has 1 aliphatic heterocycles. The van der Waals surface area contributed by atoms with Crippen molar-refractivity contribution in [3.63, 3.8) is 0 Å². The number of nitrogens with one attached hydrogen (secondary N) is 1. The van der Waals surface area contributed by atoms with Gasteiger partial charge in [0, 0.05) is 6.54 Å². The fourth-order valence-electron chi connectivity index (χ4n) is 2.22. The molecule has 110 valence electrons. The van der Waals surface area contributed by atoms with Gasteiger partial charge in [-0.25, -0.2) is 4.79 Å². The fraction of sp³-hybridized carbons (Fsp3) is 0.533. The minimum atomic E-state index is -0.549. The molecule has 0 saturated carbocycles. The molecule has 1 saturated heterocycles. The number of piperidine rings is 1. The number of carbonyl (C=O) groups excluding carboxylic acids is 1. The second kappa shape index (κ2) is 8.55. The zero-order chi connectivity index (χ0) is 14.0. The second-order valence-corrected chi connectivity index (χ2v) is 4.91. The maximum atomic E-state index is 11.4. The number of amides is 1. The summed E-state index contributed by atoms with van der Waals surface area (Å²) in [5.41, 5.74) is 3.26. The van der Waals surface area contributed by atoms with Crippen LogP contribution in [0.25, 0.3) is 0 Å². The fourth-order valence-corrected chi connectivity index (χ4v) is 2.22. The van der Waals surface area contributed by atoms with Gasteiger partial charge in [-0.1, -0.05) is 36.8 Å². The van der Waals surface area contributed by atoms with Crippen LogP contribution in [0.5, 0.6) is 0 Å². The summed E-state index contributed by atoms with van der Waals surface area (Å²) in [7, 11) is 0. The molecule has 1 aliphatic rings. The van der Waals surface area contributed by atoms with E-state index < -0.39 is 6.09 Å². The molecule has 0 spiro atoms. The molecule has 0 unspecified atom stereocenters. The summed E-state index contributed by atoms with van der Waals surface area (Å²) in [5.74, 6) is 0. The smallest absolute Gasteiger partial charge is 0.431 e. The largest absolute Gasteiger partial charge is 0.443 e. The van der Waals surface area contributed by atoms with Crippen LogP contribution in [0.4, 0.5) is 4.79 Å². The van der Waals surface area contributed by atoms with E-state index in [0.717, 1.165) is 25.2 Å². The van der Waals surface area contributed by atoms with Gasteiger partial charge < -0.3 is 9.64 Å². The van der Waals surface area contributed by atoms with Crippen LogP contribution in [0.1, 0.15) is 24.8 Å². The first-order valence-corrected chi connectivity index (χ1v) is 7.15. The number of rotatable bonds is 6. The van der Waals surface area contributed by atoms with Gasteiger partial charge in [-0.05, 0) is 31.5 Å². The maximum Gasteiger partial charge on any atom is 0.431 e. The van der Waals surface area contributed by atoms with Gasteiger partial charge >= 0.3 is 6.09 Å². The van der Waals surface area contributed by atoms with Crippen molar-refractivity contribution in [2.45, 2.75) is 25.9 Å². The molecule has 0 atom stereocenters. The van der Waals surface area contributed by atoms with E-state index in [9.17, 15) is 4.79 Å². The molecule has 0 aromatic heterocycles. The van der Waals surface area contributed by atoms with Crippen molar-refractivity contribution in [2.24, 2.45) is 0 Å². The Hall–Kier alpha value is -1.59. The number of ether oxygens (including phenoxy) is 1. The monoisotopic (exact) mass is 278 g/mol. The Kier molecular flexibility index (Phi) is 6.34. The first-order valence-electron chi connectivity index (χ1n) is 7.15. The Morgan fingerprint density at radius 2 is 1.90 bits per heavy atom. The highest BCUT2D eigenvalue weighted by Crippen LogP contribution is 2.07. The zero-order valence-corrected chi connectivity index (χ0v) is 11.7. The quantitative estimate of drug-likeness (QED) is 0.641.